The fourth-order valence-corrected chi connectivity index (χ4v) is 1.80. The first-order valence-electron chi connectivity index (χ1n) is 6.06. The standard InChI is InChI=1S/C14H14N4O3/c1-9-16-12(14(20)21)8-18(9)7-11(15-2)10-4-5-13(19)17(3)6-10/h4-8H,2H2,1,3H3,(H,20,21)/b11-7-. The van der Waals surface area contributed by atoms with E-state index in [0.717, 1.165) is 0 Å². The van der Waals surface area contributed by atoms with Gasteiger partial charge in [0.25, 0.3) is 0 Å². The highest BCUT2D eigenvalue weighted by Gasteiger charge is 2.10. The second-order valence-electron chi connectivity index (χ2n) is 4.43. The number of aromatic carboxylic acids is 1. The van der Waals surface area contributed by atoms with Crippen LogP contribution in [0.2, 0.25) is 0 Å². The molecule has 2 heterocycles. The average molecular weight is 286 g/mol. The van der Waals surface area contributed by atoms with E-state index in [1.807, 2.05) is 0 Å². The second kappa shape index (κ2) is 5.58. The molecule has 0 radical (unpaired) electrons. The average Bonchev–Trinajstić information content (AvgIpc) is 2.81. The molecule has 108 valence electrons. The van der Waals surface area contributed by atoms with Gasteiger partial charge in [-0.15, -0.1) is 0 Å². The van der Waals surface area contributed by atoms with E-state index in [1.54, 1.807) is 37.0 Å². The molecule has 2 aromatic heterocycles. The zero-order valence-corrected chi connectivity index (χ0v) is 11.6. The molecule has 1 N–H and O–H groups in total. The van der Waals surface area contributed by atoms with Gasteiger partial charge in [-0.25, -0.2) is 9.78 Å². The highest BCUT2D eigenvalue weighted by atomic mass is 16.4. The molecule has 0 unspecified atom stereocenters. The Morgan fingerprint density at radius 3 is 2.67 bits per heavy atom. The number of nitrogens with zero attached hydrogens (tertiary/aromatic N) is 4. The van der Waals surface area contributed by atoms with Crippen LogP contribution in [-0.4, -0.2) is 31.9 Å². The number of pyridine rings is 1. The minimum atomic E-state index is -1.10. The lowest BCUT2D eigenvalue weighted by Gasteiger charge is -2.05. The number of rotatable bonds is 4. The van der Waals surface area contributed by atoms with Crippen LogP contribution in [-0.2, 0) is 7.05 Å². The number of carboxylic acid groups (broad SMARTS) is 1. The molecule has 0 atom stereocenters. The van der Waals surface area contributed by atoms with E-state index >= 15 is 0 Å². The molecular formula is C14H14N4O3. The fourth-order valence-electron chi connectivity index (χ4n) is 1.80. The van der Waals surface area contributed by atoms with Crippen molar-refractivity contribution in [1.29, 1.82) is 0 Å². The summed E-state index contributed by atoms with van der Waals surface area (Å²) in [4.78, 5) is 30.1. The molecule has 0 saturated carbocycles. The number of aliphatic imine (C=N–C) groups is 1. The summed E-state index contributed by atoms with van der Waals surface area (Å²) < 4.78 is 2.98. The zero-order valence-electron chi connectivity index (χ0n) is 11.6. The number of carboxylic acids is 1. The van der Waals surface area contributed by atoms with E-state index in [-0.39, 0.29) is 11.3 Å². The Morgan fingerprint density at radius 1 is 1.43 bits per heavy atom. The van der Waals surface area contributed by atoms with E-state index in [0.29, 0.717) is 17.1 Å². The topological polar surface area (TPSA) is 89.5 Å². The van der Waals surface area contributed by atoms with Crippen molar-refractivity contribution < 1.29 is 9.90 Å². The maximum atomic E-state index is 11.4. The van der Waals surface area contributed by atoms with E-state index in [4.69, 9.17) is 5.11 Å². The summed E-state index contributed by atoms with van der Waals surface area (Å²) in [5.74, 6) is -0.584. The third-order valence-corrected chi connectivity index (χ3v) is 2.95. The van der Waals surface area contributed by atoms with E-state index in [2.05, 4.69) is 16.7 Å². The first-order valence-corrected chi connectivity index (χ1v) is 6.06. The maximum Gasteiger partial charge on any atom is 0.356 e. The SMILES string of the molecule is C=N/C(=C\n1cc(C(=O)O)nc1C)c1ccc(=O)n(C)c1. The summed E-state index contributed by atoms with van der Waals surface area (Å²) in [6.07, 6.45) is 4.64. The lowest BCUT2D eigenvalue weighted by atomic mass is 10.2. The van der Waals surface area contributed by atoms with Gasteiger partial charge in [-0.2, -0.15) is 0 Å². The third kappa shape index (κ3) is 2.97. The number of aromatic nitrogens is 3. The van der Waals surface area contributed by atoms with Gasteiger partial charge in [0.05, 0.1) is 5.70 Å². The summed E-state index contributed by atoms with van der Waals surface area (Å²) in [7, 11) is 1.64. The highest BCUT2D eigenvalue weighted by Crippen LogP contribution is 2.16. The number of aryl methyl sites for hydroxylation is 2. The van der Waals surface area contributed by atoms with Crippen LogP contribution in [0, 0.1) is 6.92 Å². The fraction of sp³-hybridized carbons (Fsp3) is 0.143. The normalized spacial score (nSPS) is 11.4. The third-order valence-electron chi connectivity index (χ3n) is 2.95. The molecule has 0 fully saturated rings. The molecule has 2 rings (SSSR count). The second-order valence-corrected chi connectivity index (χ2v) is 4.43. The molecule has 0 bridgehead atoms. The van der Waals surface area contributed by atoms with Gasteiger partial charge in [-0.1, -0.05) is 0 Å². The van der Waals surface area contributed by atoms with Crippen LogP contribution in [0.15, 0.2) is 34.3 Å². The Kier molecular flexibility index (Phi) is 3.84. The molecule has 0 aliphatic carbocycles. The molecular weight excluding hydrogens is 272 g/mol. The Morgan fingerprint density at radius 2 is 2.14 bits per heavy atom. The van der Waals surface area contributed by atoms with Crippen LogP contribution in [0.5, 0.6) is 0 Å². The summed E-state index contributed by atoms with van der Waals surface area (Å²) in [6.45, 7) is 5.19. The van der Waals surface area contributed by atoms with Gasteiger partial charge in [0, 0.05) is 37.3 Å². The van der Waals surface area contributed by atoms with Crippen molar-refractivity contribution in [2.45, 2.75) is 6.92 Å². The lowest BCUT2D eigenvalue weighted by Crippen LogP contribution is -2.14. The van der Waals surface area contributed by atoms with Crippen LogP contribution in [0.4, 0.5) is 0 Å². The van der Waals surface area contributed by atoms with Gasteiger partial charge in [0.2, 0.25) is 5.56 Å². The lowest BCUT2D eigenvalue weighted by molar-refractivity contribution is 0.0691. The zero-order chi connectivity index (χ0) is 15.6. The Balaban J connectivity index is 2.49. The van der Waals surface area contributed by atoms with E-state index in [9.17, 15) is 9.59 Å². The smallest absolute Gasteiger partial charge is 0.356 e. The van der Waals surface area contributed by atoms with Gasteiger partial charge in [0.15, 0.2) is 5.69 Å². The maximum absolute atomic E-state index is 11.4. The first-order chi connectivity index (χ1) is 9.92. The quantitative estimate of drug-likeness (QED) is 0.856. The molecule has 0 aliphatic heterocycles. The van der Waals surface area contributed by atoms with Gasteiger partial charge in [0.1, 0.15) is 5.82 Å². The van der Waals surface area contributed by atoms with Gasteiger partial charge in [-0.05, 0) is 19.7 Å². The van der Waals surface area contributed by atoms with Crippen LogP contribution >= 0.6 is 0 Å². The van der Waals surface area contributed by atoms with Crippen LogP contribution < -0.4 is 5.56 Å². The first kappa shape index (κ1) is 14.4. The molecule has 0 saturated heterocycles. The van der Waals surface area contributed by atoms with E-state index in [1.165, 1.54) is 16.8 Å². The van der Waals surface area contributed by atoms with Crippen LogP contribution in [0.25, 0.3) is 11.9 Å². The molecule has 0 amide bonds. The Hall–Kier alpha value is -2.96. The minimum Gasteiger partial charge on any atom is -0.476 e. The molecule has 21 heavy (non-hydrogen) atoms. The van der Waals surface area contributed by atoms with Gasteiger partial charge in [-0.3, -0.25) is 9.79 Å². The van der Waals surface area contributed by atoms with Crippen molar-refractivity contribution in [3.63, 3.8) is 0 Å². The highest BCUT2D eigenvalue weighted by molar-refractivity contribution is 5.85. The minimum absolute atomic E-state index is 0.0485. The van der Waals surface area contributed by atoms with Crippen LogP contribution in [0.3, 0.4) is 0 Å². The molecule has 0 aromatic carbocycles. The summed E-state index contributed by atoms with van der Waals surface area (Å²) >= 11 is 0. The molecule has 0 aliphatic rings. The van der Waals surface area contributed by atoms with Crippen molar-refractivity contribution in [1.82, 2.24) is 14.1 Å². The number of hydrogen-bond donors (Lipinski definition) is 1. The summed E-state index contributed by atoms with van der Waals surface area (Å²) in [5.41, 5.74) is 1.02. The predicted molar refractivity (Wildman–Crippen MR) is 79.3 cm³/mol. The largest absolute Gasteiger partial charge is 0.476 e. The number of carbonyl (C=O) groups is 1. The van der Waals surface area contributed by atoms with Crippen molar-refractivity contribution in [2.75, 3.05) is 0 Å². The number of imidazole rings is 1. The number of hydrogen-bond acceptors (Lipinski definition) is 4. The predicted octanol–water partition coefficient (Wildman–Crippen LogP) is 1.24. The van der Waals surface area contributed by atoms with Crippen LogP contribution in [0.1, 0.15) is 21.9 Å². The monoisotopic (exact) mass is 286 g/mol. The van der Waals surface area contributed by atoms with Gasteiger partial charge >= 0.3 is 5.97 Å². The van der Waals surface area contributed by atoms with Crippen molar-refractivity contribution >= 4 is 24.6 Å². The van der Waals surface area contributed by atoms with E-state index < -0.39 is 5.97 Å². The molecule has 7 nitrogen and oxygen atoms in total. The molecule has 7 heteroatoms. The van der Waals surface area contributed by atoms with Gasteiger partial charge < -0.3 is 14.2 Å². The Bertz CT molecular complexity index is 799. The molecule has 0 spiro atoms. The molecule has 2 aromatic rings. The van der Waals surface area contributed by atoms with Crippen molar-refractivity contribution in [3.8, 4) is 0 Å². The summed E-state index contributed by atoms with van der Waals surface area (Å²) in [5, 5.41) is 8.93. The summed E-state index contributed by atoms with van der Waals surface area (Å²) in [6, 6.07) is 3.06. The van der Waals surface area contributed by atoms with Crippen molar-refractivity contribution in [3.05, 3.63) is 52.0 Å². The Labute approximate surface area is 120 Å². The van der Waals surface area contributed by atoms with Crippen molar-refractivity contribution in [2.24, 2.45) is 12.0 Å².